The van der Waals surface area contributed by atoms with Gasteiger partial charge >= 0.3 is 6.61 Å². The van der Waals surface area contributed by atoms with E-state index in [2.05, 4.69) is 10.1 Å². The van der Waals surface area contributed by atoms with Crippen LogP contribution in [0.2, 0.25) is 0 Å². The summed E-state index contributed by atoms with van der Waals surface area (Å²) in [6.07, 6.45) is 1.35. The summed E-state index contributed by atoms with van der Waals surface area (Å²) in [6, 6.07) is 15.0. The van der Waals surface area contributed by atoms with E-state index in [0.29, 0.717) is 5.56 Å². The highest BCUT2D eigenvalue weighted by Crippen LogP contribution is 2.30. The maximum absolute atomic E-state index is 12.4. The van der Waals surface area contributed by atoms with Crippen LogP contribution < -0.4 is 14.8 Å². The van der Waals surface area contributed by atoms with E-state index in [1.54, 1.807) is 0 Å². The molecule has 1 atom stereocenters. The highest BCUT2D eigenvalue weighted by molar-refractivity contribution is 6.01. The number of hydrogen-bond acceptors (Lipinski definition) is 4. The fraction of sp³-hybridized carbons (Fsp3) is 0.200. The van der Waals surface area contributed by atoms with Crippen molar-refractivity contribution < 1.29 is 23.0 Å². The number of nitrogens with zero attached hydrogens (tertiary/aromatic N) is 1. The summed E-state index contributed by atoms with van der Waals surface area (Å²) in [4.78, 5) is 12.4. The Hall–Kier alpha value is -3.40. The summed E-state index contributed by atoms with van der Waals surface area (Å²) < 4.78 is 34.1. The third-order valence-electron chi connectivity index (χ3n) is 3.73. The van der Waals surface area contributed by atoms with Crippen LogP contribution in [0.4, 0.5) is 8.78 Å². The molecule has 0 saturated heterocycles. The van der Waals surface area contributed by atoms with Gasteiger partial charge in [-0.2, -0.15) is 14.0 Å². The van der Waals surface area contributed by atoms with Gasteiger partial charge in [-0.05, 0) is 36.3 Å². The Balaban J connectivity index is 2.19. The second-order valence-corrected chi connectivity index (χ2v) is 5.56. The molecule has 0 radical (unpaired) electrons. The number of ether oxygens (including phenoxy) is 2. The Morgan fingerprint density at radius 3 is 2.48 bits per heavy atom. The Kier molecular flexibility index (Phi) is 6.89. The van der Waals surface area contributed by atoms with Crippen molar-refractivity contribution in [3.05, 3.63) is 65.2 Å². The largest absolute Gasteiger partial charge is 0.493 e. The number of nitrogens with one attached hydrogen (secondary N) is 1. The fourth-order valence-corrected chi connectivity index (χ4v) is 2.38. The third kappa shape index (κ3) is 5.54. The van der Waals surface area contributed by atoms with Crippen LogP contribution in [-0.4, -0.2) is 19.6 Å². The number of methoxy groups -OCH3 is 1. The number of halogens is 2. The Morgan fingerprint density at radius 1 is 1.19 bits per heavy atom. The first-order chi connectivity index (χ1) is 12.9. The molecule has 27 heavy (non-hydrogen) atoms. The maximum Gasteiger partial charge on any atom is 0.387 e. The first kappa shape index (κ1) is 19.9. The van der Waals surface area contributed by atoms with Crippen molar-refractivity contribution in [2.24, 2.45) is 0 Å². The summed E-state index contributed by atoms with van der Waals surface area (Å²) in [5, 5.41) is 12.1. The average molecular weight is 372 g/mol. The molecule has 5 nitrogen and oxygen atoms in total. The number of carbonyl (C=O) groups is 1. The monoisotopic (exact) mass is 372 g/mol. The van der Waals surface area contributed by atoms with Gasteiger partial charge in [0.1, 0.15) is 11.6 Å². The van der Waals surface area contributed by atoms with Crippen LogP contribution in [0.3, 0.4) is 0 Å². The van der Waals surface area contributed by atoms with Gasteiger partial charge < -0.3 is 14.8 Å². The molecule has 0 aliphatic rings. The van der Waals surface area contributed by atoms with Crippen molar-refractivity contribution in [1.29, 1.82) is 5.26 Å². The molecule has 0 spiro atoms. The molecule has 7 heteroatoms. The molecular formula is C20H18F2N2O3. The van der Waals surface area contributed by atoms with Gasteiger partial charge in [-0.3, -0.25) is 4.79 Å². The molecule has 1 N–H and O–H groups in total. The standard InChI is InChI=1S/C20H18F2N2O3/c1-13(15-6-4-3-5-7-15)24-19(25)16(12-23)10-14-8-9-17(27-20(21)22)18(11-14)26-2/h3-11,13,20H,1-2H3,(H,24,25)/b16-10+/t13-/m1/s1. The number of carbonyl (C=O) groups excluding carboxylic acids is 1. The first-order valence-corrected chi connectivity index (χ1v) is 8.05. The minimum Gasteiger partial charge on any atom is -0.493 e. The molecule has 0 unspecified atom stereocenters. The van der Waals surface area contributed by atoms with Crippen LogP contribution in [0.15, 0.2) is 54.1 Å². The zero-order chi connectivity index (χ0) is 19.8. The van der Waals surface area contributed by atoms with E-state index in [4.69, 9.17) is 4.74 Å². The molecule has 0 aliphatic carbocycles. The molecule has 2 aromatic carbocycles. The van der Waals surface area contributed by atoms with Gasteiger partial charge in [-0.25, -0.2) is 0 Å². The van der Waals surface area contributed by atoms with Crippen molar-refractivity contribution in [2.75, 3.05) is 7.11 Å². The molecule has 0 heterocycles. The molecule has 1 amide bonds. The highest BCUT2D eigenvalue weighted by Gasteiger charge is 2.15. The fourth-order valence-electron chi connectivity index (χ4n) is 2.38. The number of amides is 1. The molecule has 0 fully saturated rings. The zero-order valence-electron chi connectivity index (χ0n) is 14.8. The molecular weight excluding hydrogens is 354 g/mol. The summed E-state index contributed by atoms with van der Waals surface area (Å²) in [6.45, 7) is -1.18. The number of rotatable bonds is 7. The van der Waals surface area contributed by atoms with Crippen LogP contribution in [-0.2, 0) is 4.79 Å². The SMILES string of the molecule is COc1cc(/C=C(\C#N)C(=O)N[C@H](C)c2ccccc2)ccc1OC(F)F. The van der Waals surface area contributed by atoms with Gasteiger partial charge in [0.25, 0.3) is 5.91 Å². The van der Waals surface area contributed by atoms with Crippen LogP contribution in [0.5, 0.6) is 11.5 Å². The predicted octanol–water partition coefficient (Wildman–Crippen LogP) is 4.08. The van der Waals surface area contributed by atoms with Crippen molar-refractivity contribution in [3.8, 4) is 17.6 Å². The third-order valence-corrected chi connectivity index (χ3v) is 3.73. The van der Waals surface area contributed by atoms with Crippen LogP contribution in [0.1, 0.15) is 24.1 Å². The number of alkyl halides is 2. The van der Waals surface area contributed by atoms with E-state index in [1.807, 2.05) is 43.3 Å². The summed E-state index contributed by atoms with van der Waals surface area (Å²) in [5.41, 5.74) is 1.22. The zero-order valence-corrected chi connectivity index (χ0v) is 14.8. The van der Waals surface area contributed by atoms with Crippen molar-refractivity contribution >= 4 is 12.0 Å². The minimum atomic E-state index is -2.99. The smallest absolute Gasteiger partial charge is 0.387 e. The second-order valence-electron chi connectivity index (χ2n) is 5.56. The van der Waals surface area contributed by atoms with Crippen molar-refractivity contribution in [2.45, 2.75) is 19.6 Å². The lowest BCUT2D eigenvalue weighted by atomic mass is 10.1. The van der Waals surface area contributed by atoms with Crippen LogP contribution in [0, 0.1) is 11.3 Å². The van der Waals surface area contributed by atoms with Crippen molar-refractivity contribution in [1.82, 2.24) is 5.32 Å². The average Bonchev–Trinajstić information content (AvgIpc) is 2.67. The lowest BCUT2D eigenvalue weighted by Crippen LogP contribution is -2.27. The minimum absolute atomic E-state index is 0.0689. The molecule has 0 bridgehead atoms. The molecule has 140 valence electrons. The highest BCUT2D eigenvalue weighted by atomic mass is 19.3. The Morgan fingerprint density at radius 2 is 1.89 bits per heavy atom. The lowest BCUT2D eigenvalue weighted by Gasteiger charge is -2.14. The normalized spacial score (nSPS) is 12.2. The van der Waals surface area contributed by atoms with Gasteiger partial charge in [0.05, 0.1) is 13.2 Å². The molecule has 2 rings (SSSR count). The number of nitriles is 1. The maximum atomic E-state index is 12.4. The lowest BCUT2D eigenvalue weighted by molar-refractivity contribution is -0.117. The van der Waals surface area contributed by atoms with Crippen LogP contribution in [0.25, 0.3) is 6.08 Å². The topological polar surface area (TPSA) is 71.3 Å². The van der Waals surface area contributed by atoms with Gasteiger partial charge in [0.2, 0.25) is 0 Å². The van der Waals surface area contributed by atoms with Gasteiger partial charge in [0, 0.05) is 0 Å². The first-order valence-electron chi connectivity index (χ1n) is 8.05. The summed E-state index contributed by atoms with van der Waals surface area (Å²) >= 11 is 0. The summed E-state index contributed by atoms with van der Waals surface area (Å²) in [5.74, 6) is -0.606. The van der Waals surface area contributed by atoms with E-state index < -0.39 is 12.5 Å². The van der Waals surface area contributed by atoms with Gasteiger partial charge in [0.15, 0.2) is 11.5 Å². The molecule has 0 aromatic heterocycles. The van der Waals surface area contributed by atoms with E-state index >= 15 is 0 Å². The van der Waals surface area contributed by atoms with Gasteiger partial charge in [-0.1, -0.05) is 36.4 Å². The van der Waals surface area contributed by atoms with Gasteiger partial charge in [-0.15, -0.1) is 0 Å². The van der Waals surface area contributed by atoms with Crippen LogP contribution >= 0.6 is 0 Å². The summed E-state index contributed by atoms with van der Waals surface area (Å²) in [7, 11) is 1.31. The molecule has 2 aromatic rings. The van der Waals surface area contributed by atoms with Crippen molar-refractivity contribution in [3.63, 3.8) is 0 Å². The van der Waals surface area contributed by atoms with E-state index in [1.165, 1.54) is 31.4 Å². The van der Waals surface area contributed by atoms with E-state index in [-0.39, 0.29) is 23.1 Å². The Labute approximate surface area is 155 Å². The van der Waals surface area contributed by atoms with E-state index in [9.17, 15) is 18.8 Å². The van der Waals surface area contributed by atoms with E-state index in [0.717, 1.165) is 5.56 Å². The number of benzene rings is 2. The second kappa shape index (κ2) is 9.34. The molecule has 0 saturated carbocycles. The Bertz CT molecular complexity index is 861. The quantitative estimate of drug-likeness (QED) is 0.587. The molecule has 0 aliphatic heterocycles. The predicted molar refractivity (Wildman–Crippen MR) is 96.2 cm³/mol. The number of hydrogen-bond donors (Lipinski definition) is 1.